The number of nitrogens with two attached hydrogens (primary N) is 1. The largest absolute Gasteiger partial charge is 0.347 e. The Kier molecular flexibility index (Phi) is 3.53. The number of aromatic nitrogens is 2. The summed E-state index contributed by atoms with van der Waals surface area (Å²) in [5.74, 6) is 1.64. The normalized spacial score (nSPS) is 21.2. The highest BCUT2D eigenvalue weighted by Gasteiger charge is 2.23. The van der Waals surface area contributed by atoms with Gasteiger partial charge in [0.25, 0.3) is 0 Å². The number of hydrogen-bond acceptors (Lipinski definition) is 5. The molecule has 0 bridgehead atoms. The van der Waals surface area contributed by atoms with E-state index in [1.165, 1.54) is 18.0 Å². The second-order valence-corrected chi connectivity index (χ2v) is 4.81. The average Bonchev–Trinajstić information content (AvgIpc) is 2.85. The molecule has 0 saturated carbocycles. The Hall–Kier alpha value is -0.680. The number of rotatable bonds is 4. The molecule has 4 nitrogen and oxygen atoms in total. The Morgan fingerprint density at radius 1 is 1.60 bits per heavy atom. The second-order valence-electron chi connectivity index (χ2n) is 4.08. The lowest BCUT2D eigenvalue weighted by molar-refractivity contribution is 0.602. The minimum atomic E-state index is 0.642. The van der Waals surface area contributed by atoms with Crippen LogP contribution >= 0.6 is 11.5 Å². The van der Waals surface area contributed by atoms with Crippen LogP contribution in [0.3, 0.4) is 0 Å². The van der Waals surface area contributed by atoms with E-state index in [1.807, 2.05) is 0 Å². The van der Waals surface area contributed by atoms with Gasteiger partial charge in [-0.25, -0.2) is 4.98 Å². The van der Waals surface area contributed by atoms with Gasteiger partial charge in [0.15, 0.2) is 0 Å². The van der Waals surface area contributed by atoms with Gasteiger partial charge in [-0.2, -0.15) is 4.37 Å². The van der Waals surface area contributed by atoms with Crippen molar-refractivity contribution in [2.24, 2.45) is 11.7 Å². The first-order valence-corrected chi connectivity index (χ1v) is 6.38. The first kappa shape index (κ1) is 10.8. The summed E-state index contributed by atoms with van der Waals surface area (Å²) in [4.78, 5) is 6.86. The molecule has 1 aliphatic rings. The summed E-state index contributed by atoms with van der Waals surface area (Å²) in [5, 5.41) is 1.08. The molecule has 1 aromatic rings. The van der Waals surface area contributed by atoms with E-state index in [4.69, 9.17) is 5.73 Å². The minimum absolute atomic E-state index is 0.642. The van der Waals surface area contributed by atoms with Crippen LogP contribution in [0.2, 0.25) is 0 Å². The molecule has 1 aliphatic heterocycles. The molecular weight excluding hydrogens is 208 g/mol. The molecule has 0 radical (unpaired) electrons. The zero-order valence-electron chi connectivity index (χ0n) is 9.15. The van der Waals surface area contributed by atoms with E-state index < -0.39 is 0 Å². The van der Waals surface area contributed by atoms with E-state index in [9.17, 15) is 0 Å². The molecule has 1 atom stereocenters. The zero-order valence-corrected chi connectivity index (χ0v) is 9.96. The first-order chi connectivity index (χ1) is 7.33. The van der Waals surface area contributed by atoms with Crippen molar-refractivity contribution in [2.45, 2.75) is 26.2 Å². The fraction of sp³-hybridized carbons (Fsp3) is 0.800. The zero-order chi connectivity index (χ0) is 10.7. The fourth-order valence-corrected chi connectivity index (χ4v) is 2.64. The van der Waals surface area contributed by atoms with Gasteiger partial charge in [-0.1, -0.05) is 6.92 Å². The van der Waals surface area contributed by atoms with Crippen molar-refractivity contribution in [1.29, 1.82) is 0 Å². The van der Waals surface area contributed by atoms with Crippen molar-refractivity contribution in [3.8, 4) is 0 Å². The summed E-state index contributed by atoms with van der Waals surface area (Å²) in [7, 11) is 0. The van der Waals surface area contributed by atoms with Gasteiger partial charge < -0.3 is 10.6 Å². The van der Waals surface area contributed by atoms with Crippen LogP contribution < -0.4 is 10.6 Å². The maximum atomic E-state index is 5.67. The lowest BCUT2D eigenvalue weighted by Crippen LogP contribution is -2.22. The summed E-state index contributed by atoms with van der Waals surface area (Å²) >= 11 is 1.52. The van der Waals surface area contributed by atoms with Crippen LogP contribution in [0, 0.1) is 5.92 Å². The van der Waals surface area contributed by atoms with Crippen molar-refractivity contribution in [3.05, 3.63) is 5.82 Å². The van der Waals surface area contributed by atoms with Gasteiger partial charge in [0, 0.05) is 31.0 Å². The van der Waals surface area contributed by atoms with Gasteiger partial charge >= 0.3 is 0 Å². The van der Waals surface area contributed by atoms with E-state index in [1.54, 1.807) is 0 Å². The number of aryl methyl sites for hydroxylation is 1. The van der Waals surface area contributed by atoms with Gasteiger partial charge in [-0.05, 0) is 25.3 Å². The minimum Gasteiger partial charge on any atom is -0.347 e. The highest BCUT2D eigenvalue weighted by molar-refractivity contribution is 7.09. The standard InChI is InChI=1S/C10H18N4S/c1-2-3-9-12-10(15-13-9)14-5-4-8(6-11)7-14/h8H,2-7,11H2,1H3. The van der Waals surface area contributed by atoms with Crippen LogP contribution in [0.4, 0.5) is 5.13 Å². The first-order valence-electron chi connectivity index (χ1n) is 5.61. The molecule has 1 fully saturated rings. The number of hydrogen-bond donors (Lipinski definition) is 1. The summed E-state index contributed by atoms with van der Waals surface area (Å²) in [6.07, 6.45) is 3.30. The van der Waals surface area contributed by atoms with Crippen molar-refractivity contribution < 1.29 is 0 Å². The lowest BCUT2D eigenvalue weighted by Gasteiger charge is -2.13. The molecule has 2 N–H and O–H groups in total. The number of anilines is 1. The van der Waals surface area contributed by atoms with Crippen molar-refractivity contribution in [3.63, 3.8) is 0 Å². The number of nitrogens with zero attached hydrogens (tertiary/aromatic N) is 3. The third kappa shape index (κ3) is 2.46. The molecular formula is C10H18N4S. The van der Waals surface area contributed by atoms with Crippen molar-refractivity contribution in [1.82, 2.24) is 9.36 Å². The van der Waals surface area contributed by atoms with Gasteiger partial charge in [-0.3, -0.25) is 0 Å². The summed E-state index contributed by atoms with van der Waals surface area (Å²) in [6, 6.07) is 0. The second kappa shape index (κ2) is 4.90. The highest BCUT2D eigenvalue weighted by atomic mass is 32.1. The fourth-order valence-electron chi connectivity index (χ4n) is 1.90. The van der Waals surface area contributed by atoms with Gasteiger partial charge in [-0.15, -0.1) is 0 Å². The molecule has 0 amide bonds. The van der Waals surface area contributed by atoms with Gasteiger partial charge in [0.2, 0.25) is 5.13 Å². The molecule has 0 aromatic carbocycles. The molecule has 0 spiro atoms. The van der Waals surface area contributed by atoms with Crippen LogP contribution in [0.1, 0.15) is 25.6 Å². The summed E-state index contributed by atoms with van der Waals surface area (Å²) in [6.45, 7) is 5.08. The van der Waals surface area contributed by atoms with E-state index in [0.717, 1.165) is 43.4 Å². The van der Waals surface area contributed by atoms with Gasteiger partial charge in [0.1, 0.15) is 5.82 Å². The maximum Gasteiger partial charge on any atom is 0.205 e. The molecule has 5 heteroatoms. The summed E-state index contributed by atoms with van der Waals surface area (Å²) < 4.78 is 4.36. The molecule has 1 unspecified atom stereocenters. The quantitative estimate of drug-likeness (QED) is 0.840. The Morgan fingerprint density at radius 3 is 3.13 bits per heavy atom. The Labute approximate surface area is 94.7 Å². The Morgan fingerprint density at radius 2 is 2.47 bits per heavy atom. The lowest BCUT2D eigenvalue weighted by atomic mass is 10.1. The van der Waals surface area contributed by atoms with Crippen LogP contribution in [-0.4, -0.2) is 29.0 Å². The van der Waals surface area contributed by atoms with Crippen LogP contribution in [0.15, 0.2) is 0 Å². The molecule has 15 heavy (non-hydrogen) atoms. The van der Waals surface area contributed by atoms with Crippen LogP contribution in [0.5, 0.6) is 0 Å². The van der Waals surface area contributed by atoms with E-state index >= 15 is 0 Å². The maximum absolute atomic E-state index is 5.67. The highest BCUT2D eigenvalue weighted by Crippen LogP contribution is 2.24. The topological polar surface area (TPSA) is 55.0 Å². The third-order valence-electron chi connectivity index (χ3n) is 2.82. The van der Waals surface area contributed by atoms with Gasteiger partial charge in [0.05, 0.1) is 0 Å². The van der Waals surface area contributed by atoms with Crippen molar-refractivity contribution >= 4 is 16.7 Å². The molecule has 84 valence electrons. The smallest absolute Gasteiger partial charge is 0.205 e. The van der Waals surface area contributed by atoms with Crippen LogP contribution in [0.25, 0.3) is 0 Å². The van der Waals surface area contributed by atoms with Crippen molar-refractivity contribution in [2.75, 3.05) is 24.5 Å². The predicted molar refractivity (Wildman–Crippen MR) is 63.3 cm³/mol. The molecule has 0 aliphatic carbocycles. The molecule has 1 aromatic heterocycles. The Balaban J connectivity index is 1.97. The average molecular weight is 226 g/mol. The summed E-state index contributed by atoms with van der Waals surface area (Å²) in [5.41, 5.74) is 5.67. The monoisotopic (exact) mass is 226 g/mol. The molecule has 1 saturated heterocycles. The SMILES string of the molecule is CCCc1nsc(N2CCC(CN)C2)n1. The van der Waals surface area contributed by atoms with Crippen LogP contribution in [-0.2, 0) is 6.42 Å². The van der Waals surface area contributed by atoms with E-state index in [0.29, 0.717) is 5.92 Å². The predicted octanol–water partition coefficient (Wildman–Crippen LogP) is 1.28. The molecule has 2 rings (SSSR count). The van der Waals surface area contributed by atoms with E-state index in [-0.39, 0.29) is 0 Å². The molecule has 2 heterocycles. The Bertz CT molecular complexity index is 312. The third-order valence-corrected chi connectivity index (χ3v) is 3.64. The van der Waals surface area contributed by atoms with E-state index in [2.05, 4.69) is 21.2 Å².